The molecule has 18 heavy (non-hydrogen) atoms. The van der Waals surface area contributed by atoms with Crippen molar-refractivity contribution in [3.05, 3.63) is 47.5 Å². The molecule has 2 N–H and O–H groups in total. The van der Waals surface area contributed by atoms with Crippen molar-refractivity contribution in [1.29, 1.82) is 0 Å². The highest BCUT2D eigenvalue weighted by Crippen LogP contribution is 2.11. The zero-order valence-corrected chi connectivity index (χ0v) is 9.79. The summed E-state index contributed by atoms with van der Waals surface area (Å²) in [6.07, 6.45) is 3.04. The molecular formula is C12H14F2N4. The molecule has 2 aromatic rings. The van der Waals surface area contributed by atoms with Crippen molar-refractivity contribution in [1.82, 2.24) is 20.5 Å². The Morgan fingerprint density at radius 1 is 1.22 bits per heavy atom. The second-order valence-corrected chi connectivity index (χ2v) is 3.91. The second-order valence-electron chi connectivity index (χ2n) is 3.91. The molecule has 0 fully saturated rings. The highest BCUT2D eigenvalue weighted by atomic mass is 19.1. The fourth-order valence-corrected chi connectivity index (χ4v) is 1.65. The van der Waals surface area contributed by atoms with Crippen molar-refractivity contribution in [2.75, 3.05) is 6.54 Å². The average Bonchev–Trinajstić information content (AvgIpc) is 2.85. The SMILES string of the molecule is Fc1cccc(F)c1CNCCCc1ncn[nH]1. The molecule has 0 saturated carbocycles. The first kappa shape index (κ1) is 12.6. The lowest BCUT2D eigenvalue weighted by Crippen LogP contribution is -2.17. The summed E-state index contributed by atoms with van der Waals surface area (Å²) < 4.78 is 26.6. The fraction of sp³-hybridized carbons (Fsp3) is 0.333. The van der Waals surface area contributed by atoms with Crippen LogP contribution in [0, 0.1) is 11.6 Å². The van der Waals surface area contributed by atoms with Crippen molar-refractivity contribution in [2.24, 2.45) is 0 Å². The predicted octanol–water partition coefficient (Wildman–Crippen LogP) is 1.81. The summed E-state index contributed by atoms with van der Waals surface area (Å²) in [5.41, 5.74) is 0.0807. The number of rotatable bonds is 6. The first-order chi connectivity index (χ1) is 8.77. The van der Waals surface area contributed by atoms with Gasteiger partial charge in [0.1, 0.15) is 23.8 Å². The summed E-state index contributed by atoms with van der Waals surface area (Å²) in [4.78, 5) is 3.99. The van der Waals surface area contributed by atoms with E-state index in [1.807, 2.05) is 0 Å². The van der Waals surface area contributed by atoms with Gasteiger partial charge < -0.3 is 5.32 Å². The van der Waals surface area contributed by atoms with Gasteiger partial charge in [-0.25, -0.2) is 13.8 Å². The molecule has 0 amide bonds. The second kappa shape index (κ2) is 6.20. The Labute approximate surface area is 103 Å². The Morgan fingerprint density at radius 2 is 2.00 bits per heavy atom. The predicted molar refractivity (Wildman–Crippen MR) is 62.8 cm³/mol. The van der Waals surface area contributed by atoms with E-state index < -0.39 is 11.6 Å². The van der Waals surface area contributed by atoms with E-state index >= 15 is 0 Å². The quantitative estimate of drug-likeness (QED) is 0.771. The zero-order valence-electron chi connectivity index (χ0n) is 9.79. The number of aryl methyl sites for hydroxylation is 1. The average molecular weight is 252 g/mol. The van der Waals surface area contributed by atoms with E-state index in [1.54, 1.807) is 0 Å². The van der Waals surface area contributed by atoms with E-state index in [-0.39, 0.29) is 12.1 Å². The molecule has 0 spiro atoms. The van der Waals surface area contributed by atoms with E-state index in [2.05, 4.69) is 20.5 Å². The minimum atomic E-state index is -0.516. The number of hydrogen-bond acceptors (Lipinski definition) is 3. The normalized spacial score (nSPS) is 10.8. The number of aromatic amines is 1. The van der Waals surface area contributed by atoms with Gasteiger partial charge in [0.25, 0.3) is 0 Å². The smallest absolute Gasteiger partial charge is 0.137 e. The van der Waals surface area contributed by atoms with E-state index in [0.29, 0.717) is 6.54 Å². The number of H-pyrrole nitrogens is 1. The van der Waals surface area contributed by atoms with Crippen LogP contribution in [0.1, 0.15) is 17.8 Å². The standard InChI is InChI=1S/C12H14F2N4/c13-10-3-1-4-11(14)9(10)7-15-6-2-5-12-16-8-17-18-12/h1,3-4,8,15H,2,5-7H2,(H,16,17,18). The summed E-state index contributed by atoms with van der Waals surface area (Å²) >= 11 is 0. The monoisotopic (exact) mass is 252 g/mol. The van der Waals surface area contributed by atoms with Crippen LogP contribution in [0.2, 0.25) is 0 Å². The molecule has 2 rings (SSSR count). The summed E-state index contributed by atoms with van der Waals surface area (Å²) in [6.45, 7) is 0.851. The van der Waals surface area contributed by atoms with E-state index in [4.69, 9.17) is 0 Å². The minimum Gasteiger partial charge on any atom is -0.312 e. The summed E-state index contributed by atoms with van der Waals surface area (Å²) in [5, 5.41) is 9.49. The number of nitrogens with zero attached hydrogens (tertiary/aromatic N) is 2. The molecule has 1 aromatic carbocycles. The highest BCUT2D eigenvalue weighted by Gasteiger charge is 2.07. The Morgan fingerprint density at radius 3 is 2.67 bits per heavy atom. The topological polar surface area (TPSA) is 53.6 Å². The molecule has 0 aliphatic rings. The van der Waals surface area contributed by atoms with E-state index in [1.165, 1.54) is 24.5 Å². The van der Waals surface area contributed by atoms with Gasteiger partial charge >= 0.3 is 0 Å². The van der Waals surface area contributed by atoms with Gasteiger partial charge in [-0.15, -0.1) is 0 Å². The lowest BCUT2D eigenvalue weighted by molar-refractivity contribution is 0.532. The first-order valence-electron chi connectivity index (χ1n) is 5.75. The number of benzene rings is 1. The Hall–Kier alpha value is -1.82. The molecule has 4 nitrogen and oxygen atoms in total. The Balaban J connectivity index is 1.72. The van der Waals surface area contributed by atoms with Gasteiger partial charge in [-0.05, 0) is 25.1 Å². The van der Waals surface area contributed by atoms with Crippen molar-refractivity contribution in [3.63, 3.8) is 0 Å². The van der Waals surface area contributed by atoms with Crippen LogP contribution in [-0.2, 0) is 13.0 Å². The fourth-order valence-electron chi connectivity index (χ4n) is 1.65. The van der Waals surface area contributed by atoms with Crippen molar-refractivity contribution < 1.29 is 8.78 Å². The molecule has 1 aromatic heterocycles. The van der Waals surface area contributed by atoms with Crippen LogP contribution in [0.15, 0.2) is 24.5 Å². The van der Waals surface area contributed by atoms with Crippen LogP contribution < -0.4 is 5.32 Å². The molecule has 0 aliphatic heterocycles. The molecule has 1 heterocycles. The minimum absolute atomic E-state index is 0.0807. The number of nitrogens with one attached hydrogen (secondary N) is 2. The van der Waals surface area contributed by atoms with Gasteiger partial charge in [-0.3, -0.25) is 5.10 Å². The van der Waals surface area contributed by atoms with Gasteiger partial charge in [0, 0.05) is 18.5 Å². The van der Waals surface area contributed by atoms with E-state index in [0.717, 1.165) is 18.7 Å². The van der Waals surface area contributed by atoms with Crippen LogP contribution >= 0.6 is 0 Å². The van der Waals surface area contributed by atoms with Gasteiger partial charge in [-0.1, -0.05) is 6.07 Å². The Bertz CT molecular complexity index is 465. The molecule has 0 atom stereocenters. The molecule has 96 valence electrons. The van der Waals surface area contributed by atoms with Gasteiger partial charge in [0.2, 0.25) is 0 Å². The summed E-state index contributed by atoms with van der Waals surface area (Å²) in [6, 6.07) is 3.88. The molecule has 0 aliphatic carbocycles. The van der Waals surface area contributed by atoms with Crippen LogP contribution in [0.5, 0.6) is 0 Å². The Kier molecular flexibility index (Phi) is 4.35. The van der Waals surface area contributed by atoms with Crippen LogP contribution in [-0.4, -0.2) is 21.7 Å². The third-order valence-electron chi connectivity index (χ3n) is 2.60. The maximum atomic E-state index is 13.3. The van der Waals surface area contributed by atoms with Gasteiger partial charge in [0.05, 0.1) is 0 Å². The van der Waals surface area contributed by atoms with Crippen molar-refractivity contribution in [3.8, 4) is 0 Å². The molecule has 0 bridgehead atoms. The van der Waals surface area contributed by atoms with Gasteiger partial charge in [-0.2, -0.15) is 5.10 Å². The maximum absolute atomic E-state index is 13.3. The number of hydrogen-bond donors (Lipinski definition) is 2. The maximum Gasteiger partial charge on any atom is 0.137 e. The van der Waals surface area contributed by atoms with E-state index in [9.17, 15) is 8.78 Å². The third kappa shape index (κ3) is 3.33. The number of aromatic nitrogens is 3. The zero-order chi connectivity index (χ0) is 12.8. The first-order valence-corrected chi connectivity index (χ1v) is 5.75. The molecular weight excluding hydrogens is 238 g/mol. The summed E-state index contributed by atoms with van der Waals surface area (Å²) in [7, 11) is 0. The van der Waals surface area contributed by atoms with Crippen molar-refractivity contribution in [2.45, 2.75) is 19.4 Å². The van der Waals surface area contributed by atoms with Crippen molar-refractivity contribution >= 4 is 0 Å². The molecule has 0 radical (unpaired) electrons. The lowest BCUT2D eigenvalue weighted by Gasteiger charge is -2.06. The number of halogens is 2. The third-order valence-corrected chi connectivity index (χ3v) is 2.60. The largest absolute Gasteiger partial charge is 0.312 e. The lowest BCUT2D eigenvalue weighted by atomic mass is 10.2. The molecule has 0 saturated heterocycles. The van der Waals surface area contributed by atoms with Gasteiger partial charge in [0.15, 0.2) is 0 Å². The van der Waals surface area contributed by atoms with Crippen LogP contribution in [0.25, 0.3) is 0 Å². The van der Waals surface area contributed by atoms with Crippen LogP contribution in [0.4, 0.5) is 8.78 Å². The van der Waals surface area contributed by atoms with Crippen LogP contribution in [0.3, 0.4) is 0 Å². The molecule has 6 heteroatoms. The molecule has 0 unspecified atom stereocenters. The highest BCUT2D eigenvalue weighted by molar-refractivity contribution is 5.19. The summed E-state index contributed by atoms with van der Waals surface area (Å²) in [5.74, 6) is -0.218.